The largest absolute Gasteiger partial charge is 0.454 e. The standard InChI is InChI=1S/C13H16O2/c1-2-3-4-9-12-10-7-5-6-8-11(10)13(14)15-12/h5-8,12H,2-4,9H2,1H3/t12-/m0/s1. The lowest BCUT2D eigenvalue weighted by molar-refractivity contribution is 0.0363. The number of carbonyl (C=O) groups is 1. The Kier molecular flexibility index (Phi) is 3.05. The van der Waals surface area contributed by atoms with Gasteiger partial charge in [-0.2, -0.15) is 0 Å². The number of unbranched alkanes of at least 4 members (excludes halogenated alkanes) is 2. The summed E-state index contributed by atoms with van der Waals surface area (Å²) in [5, 5.41) is 0. The quantitative estimate of drug-likeness (QED) is 0.554. The fourth-order valence-electron chi connectivity index (χ4n) is 2.01. The SMILES string of the molecule is CCCCC[C@@H]1OC(=O)c2ccccc21. The summed E-state index contributed by atoms with van der Waals surface area (Å²) < 4.78 is 5.34. The summed E-state index contributed by atoms with van der Waals surface area (Å²) >= 11 is 0. The number of esters is 1. The van der Waals surface area contributed by atoms with Crippen molar-refractivity contribution >= 4 is 5.97 Å². The molecule has 1 aromatic rings. The van der Waals surface area contributed by atoms with E-state index in [4.69, 9.17) is 4.74 Å². The third kappa shape index (κ3) is 2.04. The second kappa shape index (κ2) is 4.47. The predicted octanol–water partition coefficient (Wildman–Crippen LogP) is 3.48. The Labute approximate surface area is 90.3 Å². The van der Waals surface area contributed by atoms with E-state index in [-0.39, 0.29) is 12.1 Å². The Morgan fingerprint density at radius 3 is 2.87 bits per heavy atom. The van der Waals surface area contributed by atoms with Gasteiger partial charge in [0.2, 0.25) is 0 Å². The van der Waals surface area contributed by atoms with Crippen LogP contribution in [0.3, 0.4) is 0 Å². The summed E-state index contributed by atoms with van der Waals surface area (Å²) in [4.78, 5) is 11.5. The molecule has 1 aliphatic heterocycles. The van der Waals surface area contributed by atoms with Gasteiger partial charge in [0.25, 0.3) is 0 Å². The van der Waals surface area contributed by atoms with Crippen molar-refractivity contribution in [1.29, 1.82) is 0 Å². The molecular formula is C13H16O2. The van der Waals surface area contributed by atoms with Crippen LogP contribution in [0.2, 0.25) is 0 Å². The van der Waals surface area contributed by atoms with Crippen LogP contribution in [0.25, 0.3) is 0 Å². The van der Waals surface area contributed by atoms with Gasteiger partial charge in [0.15, 0.2) is 0 Å². The Balaban J connectivity index is 2.08. The molecule has 15 heavy (non-hydrogen) atoms. The molecule has 0 radical (unpaired) electrons. The lowest BCUT2D eigenvalue weighted by atomic mass is 10.0. The molecule has 1 atom stereocenters. The first kappa shape index (κ1) is 10.2. The summed E-state index contributed by atoms with van der Waals surface area (Å²) in [5.74, 6) is -0.160. The number of rotatable bonds is 4. The highest BCUT2D eigenvalue weighted by molar-refractivity contribution is 5.93. The molecule has 0 N–H and O–H groups in total. The minimum absolute atomic E-state index is 0.000231. The monoisotopic (exact) mass is 204 g/mol. The molecule has 2 rings (SSSR count). The summed E-state index contributed by atoms with van der Waals surface area (Å²) in [6, 6.07) is 7.69. The zero-order valence-corrected chi connectivity index (χ0v) is 9.03. The van der Waals surface area contributed by atoms with Gasteiger partial charge in [-0.1, -0.05) is 38.0 Å². The number of benzene rings is 1. The molecule has 0 fully saturated rings. The molecule has 80 valence electrons. The van der Waals surface area contributed by atoms with Crippen LogP contribution in [0.5, 0.6) is 0 Å². The summed E-state index contributed by atoms with van der Waals surface area (Å²) in [6.45, 7) is 2.18. The van der Waals surface area contributed by atoms with Crippen LogP contribution < -0.4 is 0 Å². The van der Waals surface area contributed by atoms with E-state index in [0.717, 1.165) is 24.0 Å². The Morgan fingerprint density at radius 2 is 2.07 bits per heavy atom. The number of hydrogen-bond acceptors (Lipinski definition) is 2. The van der Waals surface area contributed by atoms with Gasteiger partial charge in [-0.25, -0.2) is 4.79 Å². The highest BCUT2D eigenvalue weighted by Gasteiger charge is 2.29. The zero-order chi connectivity index (χ0) is 10.7. The molecular weight excluding hydrogens is 188 g/mol. The van der Waals surface area contributed by atoms with Crippen molar-refractivity contribution in [1.82, 2.24) is 0 Å². The van der Waals surface area contributed by atoms with Gasteiger partial charge in [-0.3, -0.25) is 0 Å². The average Bonchev–Trinajstić information content (AvgIpc) is 2.58. The van der Waals surface area contributed by atoms with E-state index in [9.17, 15) is 4.79 Å². The molecule has 0 spiro atoms. The molecule has 0 unspecified atom stereocenters. The van der Waals surface area contributed by atoms with Crippen LogP contribution in [-0.2, 0) is 4.74 Å². The lowest BCUT2D eigenvalue weighted by Gasteiger charge is -2.09. The fourth-order valence-corrected chi connectivity index (χ4v) is 2.01. The molecule has 1 heterocycles. The van der Waals surface area contributed by atoms with Crippen molar-refractivity contribution in [3.8, 4) is 0 Å². The normalized spacial score (nSPS) is 18.7. The van der Waals surface area contributed by atoms with E-state index in [0.29, 0.717) is 0 Å². The van der Waals surface area contributed by atoms with Crippen molar-refractivity contribution in [2.75, 3.05) is 0 Å². The number of ether oxygens (including phenoxy) is 1. The number of cyclic esters (lactones) is 1. The van der Waals surface area contributed by atoms with Gasteiger partial charge in [0, 0.05) is 5.56 Å². The number of fused-ring (bicyclic) bond motifs is 1. The van der Waals surface area contributed by atoms with Crippen molar-refractivity contribution in [3.05, 3.63) is 35.4 Å². The van der Waals surface area contributed by atoms with E-state index in [2.05, 4.69) is 6.92 Å². The first-order valence-electron chi connectivity index (χ1n) is 5.63. The third-order valence-electron chi connectivity index (χ3n) is 2.85. The van der Waals surface area contributed by atoms with E-state index in [1.54, 1.807) is 0 Å². The molecule has 1 aromatic carbocycles. The van der Waals surface area contributed by atoms with Gasteiger partial charge in [-0.05, 0) is 18.9 Å². The van der Waals surface area contributed by atoms with Gasteiger partial charge in [0.05, 0.1) is 5.56 Å². The minimum atomic E-state index is -0.160. The number of hydrogen-bond donors (Lipinski definition) is 0. The summed E-state index contributed by atoms with van der Waals surface area (Å²) in [7, 11) is 0. The van der Waals surface area contributed by atoms with Crippen molar-refractivity contribution in [3.63, 3.8) is 0 Å². The third-order valence-corrected chi connectivity index (χ3v) is 2.85. The Hall–Kier alpha value is -1.31. The van der Waals surface area contributed by atoms with Crippen molar-refractivity contribution in [2.45, 2.75) is 38.7 Å². The van der Waals surface area contributed by atoms with Gasteiger partial charge >= 0.3 is 5.97 Å². The first-order valence-corrected chi connectivity index (χ1v) is 5.63. The van der Waals surface area contributed by atoms with Crippen molar-refractivity contribution in [2.24, 2.45) is 0 Å². The molecule has 0 bridgehead atoms. The van der Waals surface area contributed by atoms with Crippen LogP contribution in [0.1, 0.15) is 54.6 Å². The van der Waals surface area contributed by atoms with E-state index < -0.39 is 0 Å². The second-order valence-corrected chi connectivity index (χ2v) is 3.98. The topological polar surface area (TPSA) is 26.3 Å². The Morgan fingerprint density at radius 1 is 1.27 bits per heavy atom. The molecule has 2 heteroatoms. The maximum absolute atomic E-state index is 11.5. The second-order valence-electron chi connectivity index (χ2n) is 3.98. The highest BCUT2D eigenvalue weighted by Crippen LogP contribution is 2.33. The van der Waals surface area contributed by atoms with Gasteiger partial charge in [-0.15, -0.1) is 0 Å². The first-order chi connectivity index (χ1) is 7.33. The van der Waals surface area contributed by atoms with Crippen LogP contribution in [0, 0.1) is 0 Å². The average molecular weight is 204 g/mol. The fraction of sp³-hybridized carbons (Fsp3) is 0.462. The van der Waals surface area contributed by atoms with E-state index in [1.807, 2.05) is 24.3 Å². The lowest BCUT2D eigenvalue weighted by Crippen LogP contribution is -1.98. The summed E-state index contributed by atoms with van der Waals surface area (Å²) in [6.07, 6.45) is 4.48. The molecule has 0 aromatic heterocycles. The minimum Gasteiger partial charge on any atom is -0.454 e. The van der Waals surface area contributed by atoms with E-state index >= 15 is 0 Å². The van der Waals surface area contributed by atoms with Gasteiger partial charge in [0.1, 0.15) is 6.10 Å². The van der Waals surface area contributed by atoms with Crippen LogP contribution in [0.4, 0.5) is 0 Å². The maximum atomic E-state index is 11.5. The maximum Gasteiger partial charge on any atom is 0.339 e. The molecule has 0 amide bonds. The van der Waals surface area contributed by atoms with Crippen LogP contribution in [0.15, 0.2) is 24.3 Å². The van der Waals surface area contributed by atoms with Crippen LogP contribution in [-0.4, -0.2) is 5.97 Å². The molecule has 1 aliphatic rings. The van der Waals surface area contributed by atoms with Gasteiger partial charge < -0.3 is 4.74 Å². The molecule has 0 aliphatic carbocycles. The predicted molar refractivity (Wildman–Crippen MR) is 58.7 cm³/mol. The molecule has 0 saturated carbocycles. The van der Waals surface area contributed by atoms with Crippen LogP contribution >= 0.6 is 0 Å². The molecule has 2 nitrogen and oxygen atoms in total. The Bertz CT molecular complexity index is 357. The zero-order valence-electron chi connectivity index (χ0n) is 9.03. The highest BCUT2D eigenvalue weighted by atomic mass is 16.5. The smallest absolute Gasteiger partial charge is 0.339 e. The van der Waals surface area contributed by atoms with Crippen molar-refractivity contribution < 1.29 is 9.53 Å². The number of carbonyl (C=O) groups excluding carboxylic acids is 1. The summed E-state index contributed by atoms with van der Waals surface area (Å²) in [5.41, 5.74) is 1.82. The van der Waals surface area contributed by atoms with E-state index in [1.165, 1.54) is 12.8 Å². The molecule has 0 saturated heterocycles.